The molecule has 2 aliphatic heterocycles. The number of nitrogens with zero attached hydrogens (tertiary/aromatic N) is 1. The molecule has 3 atom stereocenters. The maximum absolute atomic E-state index is 11.8. The van der Waals surface area contributed by atoms with Gasteiger partial charge in [-0.15, -0.1) is 0 Å². The van der Waals surface area contributed by atoms with Gasteiger partial charge in [0.05, 0.1) is 25.2 Å². The van der Waals surface area contributed by atoms with E-state index in [0.717, 1.165) is 25.9 Å². The number of fused-ring (bicyclic) bond motifs is 1. The molecule has 0 N–H and O–H groups in total. The number of carbonyl (C=O) groups excluding carboxylic acids is 1. The zero-order valence-electron chi connectivity index (χ0n) is 10.1. The Morgan fingerprint density at radius 1 is 1.56 bits per heavy atom. The molecular weight excluding hydrogens is 206 g/mol. The van der Waals surface area contributed by atoms with E-state index >= 15 is 0 Å². The highest BCUT2D eigenvalue weighted by molar-refractivity contribution is 5.76. The van der Waals surface area contributed by atoms with Gasteiger partial charge in [-0.25, -0.2) is 0 Å². The van der Waals surface area contributed by atoms with E-state index in [2.05, 4.69) is 6.92 Å². The first-order valence-electron chi connectivity index (χ1n) is 6.13. The van der Waals surface area contributed by atoms with E-state index < -0.39 is 0 Å². The molecule has 92 valence electrons. The SMILES string of the molecule is COCCC(=O)N1CC[C@H]2O[C@@H](C)C[C@H]2C1. The van der Waals surface area contributed by atoms with E-state index in [-0.39, 0.29) is 5.91 Å². The van der Waals surface area contributed by atoms with E-state index in [0.29, 0.717) is 31.2 Å². The van der Waals surface area contributed by atoms with E-state index in [1.807, 2.05) is 4.90 Å². The lowest BCUT2D eigenvalue weighted by Gasteiger charge is -2.34. The van der Waals surface area contributed by atoms with Gasteiger partial charge in [0.1, 0.15) is 0 Å². The van der Waals surface area contributed by atoms with Crippen molar-refractivity contribution in [1.82, 2.24) is 4.90 Å². The molecule has 2 saturated heterocycles. The molecule has 0 aromatic carbocycles. The highest BCUT2D eigenvalue weighted by atomic mass is 16.5. The maximum Gasteiger partial charge on any atom is 0.224 e. The minimum absolute atomic E-state index is 0.222. The Kier molecular flexibility index (Phi) is 3.82. The predicted octanol–water partition coefficient (Wildman–Crippen LogP) is 1.05. The van der Waals surface area contributed by atoms with Gasteiger partial charge in [-0.2, -0.15) is 0 Å². The summed E-state index contributed by atoms with van der Waals surface area (Å²) in [6.45, 7) is 4.36. The number of carbonyl (C=O) groups is 1. The number of likely N-dealkylation sites (tertiary alicyclic amines) is 1. The molecule has 0 bridgehead atoms. The Morgan fingerprint density at radius 2 is 2.38 bits per heavy atom. The monoisotopic (exact) mass is 227 g/mol. The van der Waals surface area contributed by atoms with Crippen LogP contribution >= 0.6 is 0 Å². The fraction of sp³-hybridized carbons (Fsp3) is 0.917. The fourth-order valence-electron chi connectivity index (χ4n) is 2.77. The van der Waals surface area contributed by atoms with Gasteiger partial charge in [0.2, 0.25) is 5.91 Å². The first kappa shape index (κ1) is 11.9. The molecule has 0 aromatic rings. The number of rotatable bonds is 3. The summed E-state index contributed by atoms with van der Waals surface area (Å²) in [7, 11) is 1.63. The second-order valence-electron chi connectivity index (χ2n) is 4.85. The number of methoxy groups -OCH3 is 1. The van der Waals surface area contributed by atoms with Gasteiger partial charge >= 0.3 is 0 Å². The van der Waals surface area contributed by atoms with Crippen molar-refractivity contribution >= 4 is 5.91 Å². The lowest BCUT2D eigenvalue weighted by Crippen LogP contribution is -2.44. The van der Waals surface area contributed by atoms with E-state index in [1.54, 1.807) is 7.11 Å². The molecular formula is C12H21NO3. The molecule has 0 aliphatic carbocycles. The van der Waals surface area contributed by atoms with Gasteiger partial charge in [0, 0.05) is 26.1 Å². The van der Waals surface area contributed by atoms with E-state index in [9.17, 15) is 4.79 Å². The van der Waals surface area contributed by atoms with Crippen molar-refractivity contribution in [1.29, 1.82) is 0 Å². The van der Waals surface area contributed by atoms with Gasteiger partial charge in [-0.3, -0.25) is 4.79 Å². The van der Waals surface area contributed by atoms with Crippen LogP contribution < -0.4 is 0 Å². The fourth-order valence-corrected chi connectivity index (χ4v) is 2.77. The number of hydrogen-bond acceptors (Lipinski definition) is 3. The van der Waals surface area contributed by atoms with Crippen LogP contribution in [-0.4, -0.2) is 49.8 Å². The molecule has 0 radical (unpaired) electrons. The molecule has 0 aromatic heterocycles. The minimum atomic E-state index is 0.222. The van der Waals surface area contributed by atoms with Crippen LogP contribution in [0.15, 0.2) is 0 Å². The standard InChI is InChI=1S/C12H21NO3/c1-9-7-10-8-13(5-3-11(10)16-9)12(14)4-6-15-2/h9-11H,3-8H2,1-2H3/t9-,10-,11+/m0/s1. The highest BCUT2D eigenvalue weighted by Crippen LogP contribution is 2.32. The third kappa shape index (κ3) is 2.55. The summed E-state index contributed by atoms with van der Waals surface area (Å²) < 4.78 is 10.7. The molecule has 1 amide bonds. The van der Waals surface area contributed by atoms with Gasteiger partial charge in [-0.1, -0.05) is 0 Å². The van der Waals surface area contributed by atoms with Crippen molar-refractivity contribution < 1.29 is 14.3 Å². The van der Waals surface area contributed by atoms with Crippen LogP contribution in [0.4, 0.5) is 0 Å². The van der Waals surface area contributed by atoms with Gasteiger partial charge in [0.25, 0.3) is 0 Å². The van der Waals surface area contributed by atoms with Gasteiger partial charge in [0.15, 0.2) is 0 Å². The molecule has 2 fully saturated rings. The summed E-state index contributed by atoms with van der Waals surface area (Å²) in [4.78, 5) is 13.8. The molecule has 0 unspecified atom stereocenters. The number of ether oxygens (including phenoxy) is 2. The quantitative estimate of drug-likeness (QED) is 0.723. The summed E-state index contributed by atoms with van der Waals surface area (Å²) in [6, 6.07) is 0. The third-order valence-electron chi connectivity index (χ3n) is 3.58. The number of piperidine rings is 1. The molecule has 0 saturated carbocycles. The molecule has 2 rings (SSSR count). The molecule has 2 aliphatic rings. The van der Waals surface area contributed by atoms with Crippen LogP contribution in [-0.2, 0) is 14.3 Å². The average molecular weight is 227 g/mol. The largest absolute Gasteiger partial charge is 0.384 e. The lowest BCUT2D eigenvalue weighted by molar-refractivity contribution is -0.135. The topological polar surface area (TPSA) is 38.8 Å². The normalized spacial score (nSPS) is 33.9. The van der Waals surface area contributed by atoms with Gasteiger partial charge < -0.3 is 14.4 Å². The van der Waals surface area contributed by atoms with Gasteiger partial charge in [-0.05, 0) is 19.8 Å². The first-order valence-corrected chi connectivity index (χ1v) is 6.13. The predicted molar refractivity (Wildman–Crippen MR) is 60.1 cm³/mol. The van der Waals surface area contributed by atoms with Crippen LogP contribution in [0, 0.1) is 5.92 Å². The Balaban J connectivity index is 1.83. The van der Waals surface area contributed by atoms with Crippen molar-refractivity contribution in [3.05, 3.63) is 0 Å². The second kappa shape index (κ2) is 5.15. The van der Waals surface area contributed by atoms with Crippen LogP contribution in [0.25, 0.3) is 0 Å². The van der Waals surface area contributed by atoms with Crippen LogP contribution in [0.2, 0.25) is 0 Å². The van der Waals surface area contributed by atoms with Crippen molar-refractivity contribution in [2.75, 3.05) is 26.8 Å². The Morgan fingerprint density at radius 3 is 3.12 bits per heavy atom. The second-order valence-corrected chi connectivity index (χ2v) is 4.85. The van der Waals surface area contributed by atoms with Crippen LogP contribution in [0.1, 0.15) is 26.2 Å². The van der Waals surface area contributed by atoms with Crippen molar-refractivity contribution in [2.45, 2.75) is 38.4 Å². The van der Waals surface area contributed by atoms with Crippen LogP contribution in [0.5, 0.6) is 0 Å². The Labute approximate surface area is 96.9 Å². The van der Waals surface area contributed by atoms with Crippen LogP contribution in [0.3, 0.4) is 0 Å². The average Bonchev–Trinajstić information content (AvgIpc) is 2.64. The molecule has 16 heavy (non-hydrogen) atoms. The highest BCUT2D eigenvalue weighted by Gasteiger charge is 2.38. The summed E-state index contributed by atoms with van der Waals surface area (Å²) in [6.07, 6.45) is 3.35. The summed E-state index contributed by atoms with van der Waals surface area (Å²) in [5.41, 5.74) is 0. The Bertz CT molecular complexity index is 257. The number of amides is 1. The smallest absolute Gasteiger partial charge is 0.224 e. The molecule has 4 nitrogen and oxygen atoms in total. The lowest BCUT2D eigenvalue weighted by atomic mass is 9.93. The van der Waals surface area contributed by atoms with Crippen molar-refractivity contribution in [3.8, 4) is 0 Å². The summed E-state index contributed by atoms with van der Waals surface area (Å²) in [5.74, 6) is 0.773. The summed E-state index contributed by atoms with van der Waals surface area (Å²) in [5, 5.41) is 0. The first-order chi connectivity index (χ1) is 7.70. The molecule has 0 spiro atoms. The van der Waals surface area contributed by atoms with Crippen molar-refractivity contribution in [3.63, 3.8) is 0 Å². The number of hydrogen-bond donors (Lipinski definition) is 0. The minimum Gasteiger partial charge on any atom is -0.384 e. The zero-order chi connectivity index (χ0) is 11.5. The summed E-state index contributed by atoms with van der Waals surface area (Å²) >= 11 is 0. The maximum atomic E-state index is 11.8. The zero-order valence-corrected chi connectivity index (χ0v) is 10.1. The van der Waals surface area contributed by atoms with E-state index in [1.165, 1.54) is 0 Å². The third-order valence-corrected chi connectivity index (χ3v) is 3.58. The Hall–Kier alpha value is -0.610. The van der Waals surface area contributed by atoms with E-state index in [4.69, 9.17) is 9.47 Å². The molecule has 2 heterocycles. The molecule has 4 heteroatoms. The van der Waals surface area contributed by atoms with Crippen molar-refractivity contribution in [2.24, 2.45) is 5.92 Å².